The number of nitrogens with zero attached hydrogens (tertiary/aromatic N) is 1. The molecule has 3 rings (SSSR count). The van der Waals surface area contributed by atoms with Crippen molar-refractivity contribution in [2.24, 2.45) is 0 Å². The van der Waals surface area contributed by atoms with Gasteiger partial charge in [0.05, 0.1) is 44.6 Å². The molecule has 0 aliphatic rings. The van der Waals surface area contributed by atoms with Crippen LogP contribution in [0.4, 0.5) is 5.69 Å². The van der Waals surface area contributed by atoms with Crippen LogP contribution >= 0.6 is 0 Å². The molecule has 0 spiro atoms. The predicted molar refractivity (Wildman–Crippen MR) is 152 cm³/mol. The third kappa shape index (κ3) is 7.50. The van der Waals surface area contributed by atoms with Crippen molar-refractivity contribution in [2.45, 2.75) is 38.3 Å². The van der Waals surface area contributed by atoms with Gasteiger partial charge in [-0.3, -0.25) is 9.10 Å². The number of carbonyl (C=O) groups excluding carboxylic acids is 1. The van der Waals surface area contributed by atoms with Gasteiger partial charge in [-0.1, -0.05) is 6.07 Å². The fraction of sp³-hybridized carbons (Fsp3) is 0.345. The Labute approximate surface area is 235 Å². The van der Waals surface area contributed by atoms with Crippen molar-refractivity contribution >= 4 is 21.6 Å². The Balaban J connectivity index is 1.87. The first kappa shape index (κ1) is 30.4. The molecule has 0 radical (unpaired) electrons. The summed E-state index contributed by atoms with van der Waals surface area (Å²) in [6.07, 6.45) is -0.0272. The van der Waals surface area contributed by atoms with Crippen LogP contribution in [0.15, 0.2) is 65.6 Å². The van der Waals surface area contributed by atoms with Crippen LogP contribution < -0.4 is 33.3 Å². The number of sulfonamides is 1. The number of methoxy groups -OCH3 is 3. The minimum atomic E-state index is -4.18. The van der Waals surface area contributed by atoms with Crippen LogP contribution in [0.3, 0.4) is 0 Å². The monoisotopic (exact) mass is 572 g/mol. The summed E-state index contributed by atoms with van der Waals surface area (Å²) in [5.41, 5.74) is 1.06. The summed E-state index contributed by atoms with van der Waals surface area (Å²) in [5.74, 6) is 1.84. The molecule has 1 amide bonds. The van der Waals surface area contributed by atoms with Crippen molar-refractivity contribution < 1.29 is 36.9 Å². The normalized spacial score (nSPS) is 11.1. The van der Waals surface area contributed by atoms with Crippen molar-refractivity contribution in [2.75, 3.05) is 38.8 Å². The second-order valence-electron chi connectivity index (χ2n) is 8.88. The van der Waals surface area contributed by atoms with E-state index in [1.807, 2.05) is 26.8 Å². The first-order chi connectivity index (χ1) is 19.1. The predicted octanol–water partition coefficient (Wildman–Crippen LogP) is 4.41. The fourth-order valence-electron chi connectivity index (χ4n) is 3.85. The molecule has 3 aromatic carbocycles. The van der Waals surface area contributed by atoms with Crippen LogP contribution in [0.5, 0.6) is 28.7 Å². The zero-order chi connectivity index (χ0) is 29.3. The van der Waals surface area contributed by atoms with Gasteiger partial charge in [-0.2, -0.15) is 0 Å². The number of hydrogen-bond donors (Lipinski definition) is 1. The average Bonchev–Trinajstić information content (AvgIpc) is 2.95. The molecule has 10 nitrogen and oxygen atoms in total. The highest BCUT2D eigenvalue weighted by Gasteiger charge is 2.28. The Hall–Kier alpha value is -4.12. The molecule has 3 aromatic rings. The van der Waals surface area contributed by atoms with E-state index in [4.69, 9.17) is 23.7 Å². The van der Waals surface area contributed by atoms with Gasteiger partial charge in [0.2, 0.25) is 5.91 Å². The highest BCUT2D eigenvalue weighted by Crippen LogP contribution is 2.33. The number of nitrogens with one attached hydrogen (secondary N) is 1. The molecular formula is C29H36N2O8S. The van der Waals surface area contributed by atoms with Crippen LogP contribution in [0.25, 0.3) is 0 Å². The van der Waals surface area contributed by atoms with Crippen LogP contribution in [-0.2, 0) is 21.4 Å². The Bertz CT molecular complexity index is 1390. The number of anilines is 1. The quantitative estimate of drug-likeness (QED) is 0.302. The maximum absolute atomic E-state index is 13.8. The summed E-state index contributed by atoms with van der Waals surface area (Å²) < 4.78 is 55.9. The van der Waals surface area contributed by atoms with Crippen LogP contribution in [0, 0.1) is 0 Å². The van der Waals surface area contributed by atoms with E-state index in [9.17, 15) is 13.2 Å². The molecule has 11 heteroatoms. The topological polar surface area (TPSA) is 113 Å². The molecule has 0 heterocycles. The third-order valence-electron chi connectivity index (χ3n) is 5.75. The Morgan fingerprint density at radius 2 is 1.48 bits per heavy atom. The van der Waals surface area contributed by atoms with Gasteiger partial charge in [-0.25, -0.2) is 8.42 Å². The second kappa shape index (κ2) is 13.8. The highest BCUT2D eigenvalue weighted by molar-refractivity contribution is 7.92. The molecule has 40 heavy (non-hydrogen) atoms. The molecule has 1 N–H and O–H groups in total. The summed E-state index contributed by atoms with van der Waals surface area (Å²) in [4.78, 5) is 13.0. The molecule has 0 atom stereocenters. The summed E-state index contributed by atoms with van der Waals surface area (Å²) in [6.45, 7) is 5.85. The Kier molecular flexibility index (Phi) is 10.5. The lowest BCUT2D eigenvalue weighted by molar-refractivity contribution is -0.119. The lowest BCUT2D eigenvalue weighted by Crippen LogP contribution is -2.40. The smallest absolute Gasteiger partial charge is 0.264 e. The summed E-state index contributed by atoms with van der Waals surface area (Å²) >= 11 is 0. The minimum Gasteiger partial charge on any atom is -0.494 e. The molecule has 216 valence electrons. The van der Waals surface area contributed by atoms with Crippen molar-refractivity contribution in [1.82, 2.24) is 5.32 Å². The van der Waals surface area contributed by atoms with E-state index in [2.05, 4.69) is 5.32 Å². The van der Waals surface area contributed by atoms with E-state index in [1.54, 1.807) is 43.5 Å². The largest absolute Gasteiger partial charge is 0.494 e. The molecule has 0 saturated carbocycles. The van der Waals surface area contributed by atoms with Gasteiger partial charge in [0.25, 0.3) is 10.0 Å². The first-order valence-electron chi connectivity index (χ1n) is 12.7. The number of ether oxygens (including phenoxy) is 5. The second-order valence-corrected chi connectivity index (χ2v) is 10.7. The lowest BCUT2D eigenvalue weighted by atomic mass is 10.2. The van der Waals surface area contributed by atoms with E-state index in [1.165, 1.54) is 32.4 Å². The first-order valence-corrected chi connectivity index (χ1v) is 14.1. The zero-order valence-electron chi connectivity index (χ0n) is 23.6. The Morgan fingerprint density at radius 1 is 0.850 bits per heavy atom. The SMILES string of the molecule is CCOc1ccc(N(CC(=O)NCc2ccc(OC(C)C)c(OC)c2)S(=O)(=O)c2ccc(OC)c(OC)c2)cc1. The lowest BCUT2D eigenvalue weighted by Gasteiger charge is -2.25. The van der Waals surface area contributed by atoms with Gasteiger partial charge < -0.3 is 29.0 Å². The van der Waals surface area contributed by atoms with Gasteiger partial charge in [0.15, 0.2) is 23.0 Å². The highest BCUT2D eigenvalue weighted by atomic mass is 32.2. The maximum atomic E-state index is 13.8. The number of carbonyl (C=O) groups is 1. The van der Waals surface area contributed by atoms with Gasteiger partial charge in [0, 0.05) is 12.6 Å². The fourth-order valence-corrected chi connectivity index (χ4v) is 5.29. The van der Waals surface area contributed by atoms with E-state index >= 15 is 0 Å². The molecule has 0 bridgehead atoms. The summed E-state index contributed by atoms with van der Waals surface area (Å²) in [6, 6.07) is 16.1. The molecule has 0 aliphatic carbocycles. The van der Waals surface area contributed by atoms with Crippen molar-refractivity contribution in [1.29, 1.82) is 0 Å². The molecule has 0 fully saturated rings. The third-order valence-corrected chi connectivity index (χ3v) is 7.52. The summed E-state index contributed by atoms with van der Waals surface area (Å²) in [7, 11) is 0.238. The molecule has 0 aromatic heterocycles. The van der Waals surface area contributed by atoms with Crippen LogP contribution in [0.2, 0.25) is 0 Å². The van der Waals surface area contributed by atoms with Crippen LogP contribution in [0.1, 0.15) is 26.3 Å². The molecular weight excluding hydrogens is 536 g/mol. The standard InChI is InChI=1S/C29H36N2O8S/c1-7-38-23-11-9-22(10-12-23)31(40(33,34)24-13-15-25(35-4)28(17-24)37-6)19-29(32)30-18-21-8-14-26(39-20(2)3)27(16-21)36-5/h8-17,20H,7,18-19H2,1-6H3,(H,30,32). The number of benzene rings is 3. The maximum Gasteiger partial charge on any atom is 0.264 e. The average molecular weight is 573 g/mol. The van der Waals surface area contributed by atoms with Gasteiger partial charge in [-0.05, 0) is 74.9 Å². The van der Waals surface area contributed by atoms with E-state index < -0.39 is 22.5 Å². The van der Waals surface area contributed by atoms with Gasteiger partial charge in [0.1, 0.15) is 12.3 Å². The molecule has 0 saturated heterocycles. The molecule has 0 unspecified atom stereocenters. The zero-order valence-corrected chi connectivity index (χ0v) is 24.4. The number of hydrogen-bond acceptors (Lipinski definition) is 8. The van der Waals surface area contributed by atoms with Crippen molar-refractivity contribution in [3.8, 4) is 28.7 Å². The minimum absolute atomic E-state index is 0.0272. The number of amides is 1. The van der Waals surface area contributed by atoms with Gasteiger partial charge >= 0.3 is 0 Å². The summed E-state index contributed by atoms with van der Waals surface area (Å²) in [5, 5.41) is 2.80. The van der Waals surface area contributed by atoms with E-state index in [0.717, 1.165) is 9.87 Å². The van der Waals surface area contributed by atoms with E-state index in [0.29, 0.717) is 35.3 Å². The van der Waals surface area contributed by atoms with Crippen molar-refractivity contribution in [3.63, 3.8) is 0 Å². The Morgan fingerprint density at radius 3 is 2.08 bits per heavy atom. The van der Waals surface area contributed by atoms with Crippen molar-refractivity contribution in [3.05, 3.63) is 66.2 Å². The van der Waals surface area contributed by atoms with Crippen LogP contribution in [-0.4, -0.2) is 54.9 Å². The van der Waals surface area contributed by atoms with E-state index in [-0.39, 0.29) is 23.3 Å². The van der Waals surface area contributed by atoms with Gasteiger partial charge in [-0.15, -0.1) is 0 Å². The number of rotatable bonds is 14. The molecule has 0 aliphatic heterocycles.